The highest BCUT2D eigenvalue weighted by molar-refractivity contribution is 6.02. The third kappa shape index (κ3) is 5.83. The summed E-state index contributed by atoms with van der Waals surface area (Å²) in [7, 11) is 0. The summed E-state index contributed by atoms with van der Waals surface area (Å²) in [5.41, 5.74) is 0.510. The van der Waals surface area contributed by atoms with Crippen LogP contribution in [0.4, 0.5) is 0 Å². The van der Waals surface area contributed by atoms with Gasteiger partial charge in [-0.25, -0.2) is 0 Å². The van der Waals surface area contributed by atoms with E-state index in [1.165, 1.54) is 13.0 Å². The Morgan fingerprint density at radius 1 is 1.33 bits per heavy atom. The summed E-state index contributed by atoms with van der Waals surface area (Å²) in [6.45, 7) is 9.97. The molecule has 0 saturated carbocycles. The fourth-order valence-electron chi connectivity index (χ4n) is 1.08. The molecule has 0 N–H and O–H groups in total. The number of ketones is 1. The molecule has 0 aliphatic carbocycles. The minimum Gasteiger partial charge on any atom is -0.339 e. The highest BCUT2D eigenvalue weighted by Gasteiger charge is 2.04. The molecule has 0 heterocycles. The molecular formula is C12H19NO2. The fourth-order valence-corrected chi connectivity index (χ4v) is 1.08. The van der Waals surface area contributed by atoms with E-state index in [2.05, 4.69) is 6.58 Å². The Morgan fingerprint density at radius 3 is 2.33 bits per heavy atom. The molecule has 0 unspecified atom stereocenters. The molecule has 0 fully saturated rings. The second-order valence-electron chi connectivity index (χ2n) is 3.51. The van der Waals surface area contributed by atoms with Crippen LogP contribution in [0.2, 0.25) is 0 Å². The lowest BCUT2D eigenvalue weighted by Crippen LogP contribution is -2.29. The molecule has 0 aliphatic heterocycles. The predicted octanol–water partition coefficient (Wildman–Crippen LogP) is 1.95. The molecular weight excluding hydrogens is 190 g/mol. The Balaban J connectivity index is 4.15. The number of amides is 1. The van der Waals surface area contributed by atoms with Gasteiger partial charge >= 0.3 is 0 Å². The van der Waals surface area contributed by atoms with Crippen molar-refractivity contribution in [2.24, 2.45) is 0 Å². The van der Waals surface area contributed by atoms with Gasteiger partial charge in [0.1, 0.15) is 0 Å². The topological polar surface area (TPSA) is 37.4 Å². The lowest BCUT2D eigenvalue weighted by atomic mass is 10.2. The van der Waals surface area contributed by atoms with Gasteiger partial charge < -0.3 is 4.90 Å². The van der Waals surface area contributed by atoms with E-state index in [0.717, 1.165) is 13.0 Å². The van der Waals surface area contributed by atoms with Crippen LogP contribution in [0, 0.1) is 0 Å². The van der Waals surface area contributed by atoms with Crippen LogP contribution in [0.25, 0.3) is 0 Å². The zero-order valence-corrected chi connectivity index (χ0v) is 9.75. The summed E-state index contributed by atoms with van der Waals surface area (Å²) in [5.74, 6) is -0.0562. The third-order valence-electron chi connectivity index (χ3n) is 1.95. The molecule has 0 bridgehead atoms. The molecule has 0 saturated heterocycles. The van der Waals surface area contributed by atoms with Gasteiger partial charge in [0.2, 0.25) is 5.91 Å². The van der Waals surface area contributed by atoms with Crippen molar-refractivity contribution in [3.63, 3.8) is 0 Å². The molecule has 15 heavy (non-hydrogen) atoms. The van der Waals surface area contributed by atoms with E-state index in [0.29, 0.717) is 12.1 Å². The SMILES string of the molecule is C=C(C)C(=O)/C=C/CN(CCC)C(C)=O. The van der Waals surface area contributed by atoms with Crippen LogP contribution >= 0.6 is 0 Å². The van der Waals surface area contributed by atoms with Gasteiger partial charge in [0, 0.05) is 20.0 Å². The molecule has 0 aromatic heterocycles. The zero-order valence-electron chi connectivity index (χ0n) is 9.75. The normalized spacial score (nSPS) is 10.3. The van der Waals surface area contributed by atoms with Crippen LogP contribution in [0.1, 0.15) is 27.2 Å². The van der Waals surface area contributed by atoms with Crippen LogP contribution in [0.15, 0.2) is 24.3 Å². The van der Waals surface area contributed by atoms with Crippen molar-refractivity contribution < 1.29 is 9.59 Å². The molecule has 1 amide bonds. The van der Waals surface area contributed by atoms with Gasteiger partial charge in [0.15, 0.2) is 5.78 Å². The molecule has 84 valence electrons. The van der Waals surface area contributed by atoms with Gasteiger partial charge in [-0.15, -0.1) is 0 Å². The maximum Gasteiger partial charge on any atom is 0.219 e. The Bertz CT molecular complexity index is 279. The highest BCUT2D eigenvalue weighted by atomic mass is 16.2. The van der Waals surface area contributed by atoms with Crippen molar-refractivity contribution in [2.45, 2.75) is 27.2 Å². The second kappa shape index (κ2) is 6.98. The van der Waals surface area contributed by atoms with Gasteiger partial charge in [-0.1, -0.05) is 19.6 Å². The average Bonchev–Trinajstić information content (AvgIpc) is 2.15. The van der Waals surface area contributed by atoms with Crippen LogP contribution < -0.4 is 0 Å². The van der Waals surface area contributed by atoms with E-state index >= 15 is 0 Å². The molecule has 3 nitrogen and oxygen atoms in total. The fraction of sp³-hybridized carbons (Fsp3) is 0.500. The summed E-state index contributed by atoms with van der Waals surface area (Å²) in [6, 6.07) is 0. The van der Waals surface area contributed by atoms with E-state index in [1.54, 1.807) is 17.9 Å². The van der Waals surface area contributed by atoms with E-state index in [1.807, 2.05) is 6.92 Å². The molecule has 0 aliphatic rings. The number of carbonyl (C=O) groups is 2. The molecule has 0 spiro atoms. The van der Waals surface area contributed by atoms with Crippen molar-refractivity contribution in [3.05, 3.63) is 24.3 Å². The van der Waals surface area contributed by atoms with Crippen molar-refractivity contribution in [3.8, 4) is 0 Å². The van der Waals surface area contributed by atoms with Crippen LogP contribution in [0.3, 0.4) is 0 Å². The largest absolute Gasteiger partial charge is 0.339 e. The number of rotatable bonds is 6. The molecule has 0 rings (SSSR count). The van der Waals surface area contributed by atoms with Crippen LogP contribution in [-0.4, -0.2) is 29.7 Å². The summed E-state index contributed by atoms with van der Waals surface area (Å²) < 4.78 is 0. The number of carbonyl (C=O) groups excluding carboxylic acids is 2. The van der Waals surface area contributed by atoms with E-state index < -0.39 is 0 Å². The number of hydrogen-bond acceptors (Lipinski definition) is 2. The first kappa shape index (κ1) is 13.6. The zero-order chi connectivity index (χ0) is 11.8. The summed E-state index contributed by atoms with van der Waals surface area (Å²) >= 11 is 0. The Labute approximate surface area is 91.5 Å². The van der Waals surface area contributed by atoms with Crippen molar-refractivity contribution in [1.82, 2.24) is 4.90 Å². The smallest absolute Gasteiger partial charge is 0.219 e. The molecule has 0 radical (unpaired) electrons. The summed E-state index contributed by atoms with van der Waals surface area (Å²) in [5, 5.41) is 0. The Morgan fingerprint density at radius 2 is 1.93 bits per heavy atom. The molecule has 0 atom stereocenters. The minimum absolute atomic E-state index is 0.0317. The number of allylic oxidation sites excluding steroid dienone is 2. The molecule has 0 aromatic carbocycles. The molecule has 3 heteroatoms. The number of nitrogens with zero attached hydrogens (tertiary/aromatic N) is 1. The van der Waals surface area contributed by atoms with Crippen LogP contribution in [-0.2, 0) is 9.59 Å². The summed E-state index contributed by atoms with van der Waals surface area (Å²) in [6.07, 6.45) is 4.09. The van der Waals surface area contributed by atoms with Gasteiger partial charge in [0.25, 0.3) is 0 Å². The Hall–Kier alpha value is -1.38. The minimum atomic E-state index is -0.0880. The van der Waals surface area contributed by atoms with Crippen LogP contribution in [0.5, 0.6) is 0 Å². The van der Waals surface area contributed by atoms with Crippen molar-refractivity contribution in [1.29, 1.82) is 0 Å². The first-order valence-corrected chi connectivity index (χ1v) is 5.11. The van der Waals surface area contributed by atoms with E-state index in [9.17, 15) is 9.59 Å². The first-order valence-electron chi connectivity index (χ1n) is 5.11. The van der Waals surface area contributed by atoms with Crippen molar-refractivity contribution in [2.75, 3.05) is 13.1 Å². The van der Waals surface area contributed by atoms with Gasteiger partial charge in [0.05, 0.1) is 0 Å². The van der Waals surface area contributed by atoms with Gasteiger partial charge in [-0.2, -0.15) is 0 Å². The predicted molar refractivity (Wildman–Crippen MR) is 61.5 cm³/mol. The standard InChI is InChI=1S/C12H19NO2/c1-5-8-13(11(4)14)9-6-7-12(15)10(2)3/h6-7H,2,5,8-9H2,1,3-4H3/b7-6+. The van der Waals surface area contributed by atoms with Gasteiger partial charge in [-0.05, 0) is 25.0 Å². The quantitative estimate of drug-likeness (QED) is 0.627. The third-order valence-corrected chi connectivity index (χ3v) is 1.95. The Kier molecular flexibility index (Phi) is 6.34. The number of hydrogen-bond donors (Lipinski definition) is 0. The highest BCUT2D eigenvalue weighted by Crippen LogP contribution is 1.95. The summed E-state index contributed by atoms with van der Waals surface area (Å²) in [4.78, 5) is 24.0. The van der Waals surface area contributed by atoms with E-state index in [-0.39, 0.29) is 11.7 Å². The van der Waals surface area contributed by atoms with Crippen molar-refractivity contribution >= 4 is 11.7 Å². The average molecular weight is 209 g/mol. The molecule has 0 aromatic rings. The lowest BCUT2D eigenvalue weighted by molar-refractivity contribution is -0.128. The second-order valence-corrected chi connectivity index (χ2v) is 3.51. The lowest BCUT2D eigenvalue weighted by Gasteiger charge is -2.17. The maximum atomic E-state index is 11.2. The van der Waals surface area contributed by atoms with Gasteiger partial charge in [-0.3, -0.25) is 9.59 Å². The monoisotopic (exact) mass is 209 g/mol. The first-order chi connectivity index (χ1) is 6.99. The maximum absolute atomic E-state index is 11.2. The van der Waals surface area contributed by atoms with E-state index in [4.69, 9.17) is 0 Å².